The quantitative estimate of drug-likeness (QED) is 0.571. The number of allylic oxidation sites excluding steroid dienone is 5. The summed E-state index contributed by atoms with van der Waals surface area (Å²) < 4.78 is 12.6. The van der Waals surface area contributed by atoms with Crippen molar-refractivity contribution >= 4 is 0 Å². The summed E-state index contributed by atoms with van der Waals surface area (Å²) in [5.74, 6) is 0. The number of hydrogen-bond donors (Lipinski definition) is 0. The molecule has 0 saturated carbocycles. The van der Waals surface area contributed by atoms with Crippen LogP contribution in [0.15, 0.2) is 35.5 Å². The van der Waals surface area contributed by atoms with Crippen molar-refractivity contribution in [2.45, 2.75) is 48.5 Å². The van der Waals surface area contributed by atoms with Gasteiger partial charge in [-0.25, -0.2) is 4.39 Å². The molecule has 0 aromatic rings. The highest BCUT2D eigenvalue weighted by Gasteiger charge is 2.19. The van der Waals surface area contributed by atoms with E-state index in [0.717, 1.165) is 16.7 Å². The minimum Gasteiger partial charge on any atom is -0.246 e. The molecule has 0 rings (SSSR count). The van der Waals surface area contributed by atoms with E-state index in [9.17, 15) is 4.39 Å². The van der Waals surface area contributed by atoms with Gasteiger partial charge in [-0.3, -0.25) is 0 Å². The van der Waals surface area contributed by atoms with E-state index >= 15 is 0 Å². The Hall–Kier alpha value is -0.850. The molecule has 0 radical (unpaired) electrons. The molecule has 0 aliphatic rings. The molecule has 0 aliphatic heterocycles. The van der Waals surface area contributed by atoms with Crippen LogP contribution in [0.4, 0.5) is 4.39 Å². The summed E-state index contributed by atoms with van der Waals surface area (Å²) >= 11 is 0. The van der Waals surface area contributed by atoms with E-state index in [-0.39, 0.29) is 10.8 Å². The van der Waals surface area contributed by atoms with Gasteiger partial charge in [0.25, 0.3) is 0 Å². The topological polar surface area (TPSA) is 0 Å². The minimum atomic E-state index is -0.393. The maximum atomic E-state index is 12.6. The van der Waals surface area contributed by atoms with Crippen molar-refractivity contribution in [2.24, 2.45) is 10.8 Å². The van der Waals surface area contributed by atoms with Gasteiger partial charge in [0.05, 0.1) is 0 Å². The molecule has 0 aromatic carbocycles. The fourth-order valence-electron chi connectivity index (χ4n) is 1.18. The summed E-state index contributed by atoms with van der Waals surface area (Å²) in [5.41, 5.74) is 3.02. The minimum absolute atomic E-state index is 0.00458. The van der Waals surface area contributed by atoms with E-state index in [1.807, 2.05) is 13.0 Å². The van der Waals surface area contributed by atoms with Gasteiger partial charge >= 0.3 is 0 Å². The Morgan fingerprint density at radius 1 is 1.00 bits per heavy atom. The third-order valence-electron chi connectivity index (χ3n) is 2.77. The van der Waals surface area contributed by atoms with Crippen LogP contribution in [0.2, 0.25) is 0 Å². The molecule has 0 heterocycles. The molecule has 0 atom stereocenters. The van der Waals surface area contributed by atoms with E-state index in [1.54, 1.807) is 0 Å². The van der Waals surface area contributed by atoms with Gasteiger partial charge in [0, 0.05) is 0 Å². The summed E-state index contributed by atoms with van der Waals surface area (Å²) in [4.78, 5) is 0. The SMILES string of the molecule is C=C(/C=C(\C=C(\C)CF)C(C)(C)C)C(C)(C)C. The van der Waals surface area contributed by atoms with Gasteiger partial charge in [-0.2, -0.15) is 0 Å². The molecule has 17 heavy (non-hydrogen) atoms. The van der Waals surface area contributed by atoms with Crippen LogP contribution < -0.4 is 0 Å². The van der Waals surface area contributed by atoms with E-state index < -0.39 is 6.67 Å². The highest BCUT2D eigenvalue weighted by atomic mass is 19.1. The monoisotopic (exact) mass is 238 g/mol. The number of rotatable bonds is 3. The molecule has 0 aromatic heterocycles. The summed E-state index contributed by atoms with van der Waals surface area (Å²) in [6, 6.07) is 0. The lowest BCUT2D eigenvalue weighted by Gasteiger charge is -2.25. The summed E-state index contributed by atoms with van der Waals surface area (Å²) in [6.45, 7) is 18.4. The zero-order valence-electron chi connectivity index (χ0n) is 12.4. The Bertz CT molecular complexity index is 330. The first kappa shape index (κ1) is 16.1. The van der Waals surface area contributed by atoms with Crippen molar-refractivity contribution in [3.05, 3.63) is 35.5 Å². The molecule has 0 N–H and O–H groups in total. The third kappa shape index (κ3) is 5.86. The molecular formula is C16H27F. The molecule has 0 unspecified atom stereocenters. The van der Waals surface area contributed by atoms with Crippen molar-refractivity contribution < 1.29 is 4.39 Å². The number of alkyl halides is 1. The Morgan fingerprint density at radius 3 is 1.76 bits per heavy atom. The normalized spacial score (nSPS) is 15.1. The van der Waals surface area contributed by atoms with Gasteiger partial charge in [0.15, 0.2) is 0 Å². The van der Waals surface area contributed by atoms with Gasteiger partial charge in [0.2, 0.25) is 0 Å². The first-order valence-electron chi connectivity index (χ1n) is 6.13. The Morgan fingerprint density at radius 2 is 1.47 bits per heavy atom. The Labute approximate surface area is 106 Å². The maximum Gasteiger partial charge on any atom is 0.111 e. The van der Waals surface area contributed by atoms with Crippen LogP contribution >= 0.6 is 0 Å². The molecule has 0 spiro atoms. The number of hydrogen-bond acceptors (Lipinski definition) is 0. The zero-order valence-corrected chi connectivity index (χ0v) is 12.4. The van der Waals surface area contributed by atoms with Crippen molar-refractivity contribution in [3.8, 4) is 0 Å². The second-order valence-electron chi connectivity index (χ2n) is 6.75. The molecule has 0 saturated heterocycles. The lowest BCUT2D eigenvalue weighted by Crippen LogP contribution is -2.12. The van der Waals surface area contributed by atoms with E-state index in [1.165, 1.54) is 0 Å². The van der Waals surface area contributed by atoms with Gasteiger partial charge in [-0.05, 0) is 34.5 Å². The van der Waals surface area contributed by atoms with Crippen molar-refractivity contribution in [3.63, 3.8) is 0 Å². The Kier molecular flexibility index (Phi) is 5.38. The standard InChI is InChI=1S/C16H27F/c1-12(11-17)9-14(16(6,7)8)10-13(2)15(3,4)5/h9-10H,2,11H2,1,3-8H3/b12-9-,14-10+. The summed E-state index contributed by atoms with van der Waals surface area (Å²) in [7, 11) is 0. The van der Waals surface area contributed by atoms with Crippen LogP contribution in [0.25, 0.3) is 0 Å². The molecule has 0 fully saturated rings. The lowest BCUT2D eigenvalue weighted by atomic mass is 9.80. The van der Waals surface area contributed by atoms with Gasteiger partial charge in [-0.1, -0.05) is 60.3 Å². The second-order valence-corrected chi connectivity index (χ2v) is 6.75. The fraction of sp³-hybridized carbons (Fsp3) is 0.625. The summed E-state index contributed by atoms with van der Waals surface area (Å²) in [5, 5.41) is 0. The molecule has 0 bridgehead atoms. The predicted octanol–water partition coefficient (Wildman–Crippen LogP) is 5.48. The van der Waals surface area contributed by atoms with E-state index in [2.05, 4.69) is 54.2 Å². The zero-order chi connectivity index (χ0) is 13.9. The number of halogens is 1. The van der Waals surface area contributed by atoms with Crippen LogP contribution in [0, 0.1) is 10.8 Å². The van der Waals surface area contributed by atoms with Crippen LogP contribution in [0.5, 0.6) is 0 Å². The second kappa shape index (κ2) is 5.66. The van der Waals surface area contributed by atoms with Crippen molar-refractivity contribution in [1.29, 1.82) is 0 Å². The average molecular weight is 238 g/mol. The predicted molar refractivity (Wildman–Crippen MR) is 75.9 cm³/mol. The van der Waals surface area contributed by atoms with Gasteiger partial charge in [-0.15, -0.1) is 0 Å². The molecule has 0 amide bonds. The first-order chi connectivity index (χ1) is 7.48. The van der Waals surface area contributed by atoms with Crippen LogP contribution in [-0.2, 0) is 0 Å². The van der Waals surface area contributed by atoms with Gasteiger partial charge < -0.3 is 0 Å². The van der Waals surface area contributed by atoms with Crippen LogP contribution in [0.1, 0.15) is 48.5 Å². The largest absolute Gasteiger partial charge is 0.246 e. The van der Waals surface area contributed by atoms with Crippen LogP contribution in [-0.4, -0.2) is 6.67 Å². The fourth-order valence-corrected chi connectivity index (χ4v) is 1.18. The maximum absolute atomic E-state index is 12.6. The van der Waals surface area contributed by atoms with Gasteiger partial charge in [0.1, 0.15) is 6.67 Å². The molecule has 0 nitrogen and oxygen atoms in total. The Balaban J connectivity index is 5.37. The summed E-state index contributed by atoms with van der Waals surface area (Å²) in [6.07, 6.45) is 4.04. The highest BCUT2D eigenvalue weighted by Crippen LogP contribution is 2.32. The van der Waals surface area contributed by atoms with E-state index in [4.69, 9.17) is 0 Å². The van der Waals surface area contributed by atoms with Crippen molar-refractivity contribution in [2.75, 3.05) is 6.67 Å². The van der Waals surface area contributed by atoms with Crippen molar-refractivity contribution in [1.82, 2.24) is 0 Å². The van der Waals surface area contributed by atoms with Crippen LogP contribution in [0.3, 0.4) is 0 Å². The average Bonchev–Trinajstić information content (AvgIpc) is 2.13. The first-order valence-corrected chi connectivity index (χ1v) is 6.13. The van der Waals surface area contributed by atoms with E-state index in [0.29, 0.717) is 0 Å². The lowest BCUT2D eigenvalue weighted by molar-refractivity contribution is 0.496. The molecule has 1 heteroatoms. The smallest absolute Gasteiger partial charge is 0.111 e. The third-order valence-corrected chi connectivity index (χ3v) is 2.77. The molecule has 0 aliphatic carbocycles. The molecule has 98 valence electrons. The highest BCUT2D eigenvalue weighted by molar-refractivity contribution is 5.36. The molecular weight excluding hydrogens is 211 g/mol.